The molecule has 4 heteroatoms. The fraction of sp³-hybridized carbons (Fsp3) is 0.235. The summed E-state index contributed by atoms with van der Waals surface area (Å²) in [5.41, 5.74) is 2.71. The topological polar surface area (TPSA) is 59.1 Å². The highest BCUT2D eigenvalue weighted by atomic mass is 16.2. The summed E-state index contributed by atoms with van der Waals surface area (Å²) in [5, 5.41) is 2.78. The molecule has 0 aliphatic heterocycles. The number of Topliss-reactive ketones (excluding diaryl/α,β-unsaturated/α-hetero) is 1. The third-order valence-electron chi connectivity index (χ3n) is 3.17. The molecule has 1 heterocycles. The molecule has 1 amide bonds. The van der Waals surface area contributed by atoms with Gasteiger partial charge in [0.2, 0.25) is 5.91 Å². The van der Waals surface area contributed by atoms with Crippen LogP contribution in [0.1, 0.15) is 34.3 Å². The monoisotopic (exact) mass is 282 g/mol. The molecule has 0 saturated heterocycles. The minimum Gasteiger partial charge on any atom is -0.352 e. The zero-order valence-corrected chi connectivity index (χ0v) is 12.0. The van der Waals surface area contributed by atoms with Crippen LogP contribution in [0.25, 0.3) is 0 Å². The fourth-order valence-corrected chi connectivity index (χ4v) is 1.90. The molecule has 0 saturated carbocycles. The lowest BCUT2D eigenvalue weighted by molar-refractivity contribution is -0.121. The van der Waals surface area contributed by atoms with Crippen molar-refractivity contribution < 1.29 is 9.59 Å². The van der Waals surface area contributed by atoms with E-state index < -0.39 is 0 Å². The Bertz CT molecular complexity index is 606. The van der Waals surface area contributed by atoms with E-state index in [4.69, 9.17) is 0 Å². The van der Waals surface area contributed by atoms with Crippen LogP contribution in [0.4, 0.5) is 0 Å². The Morgan fingerprint density at radius 3 is 2.52 bits per heavy atom. The Labute approximate surface area is 124 Å². The quantitative estimate of drug-likeness (QED) is 0.829. The van der Waals surface area contributed by atoms with Gasteiger partial charge in [-0.05, 0) is 18.6 Å². The smallest absolute Gasteiger partial charge is 0.220 e. The van der Waals surface area contributed by atoms with Gasteiger partial charge < -0.3 is 5.32 Å². The van der Waals surface area contributed by atoms with Crippen molar-refractivity contribution in [1.82, 2.24) is 10.3 Å². The van der Waals surface area contributed by atoms with Crippen molar-refractivity contribution in [3.63, 3.8) is 0 Å². The lowest BCUT2D eigenvalue weighted by Crippen LogP contribution is -2.23. The van der Waals surface area contributed by atoms with Gasteiger partial charge in [-0.25, -0.2) is 0 Å². The lowest BCUT2D eigenvalue weighted by Gasteiger charge is -2.05. The average molecular weight is 282 g/mol. The molecule has 4 nitrogen and oxygen atoms in total. The van der Waals surface area contributed by atoms with Gasteiger partial charge in [0.25, 0.3) is 0 Å². The summed E-state index contributed by atoms with van der Waals surface area (Å²) in [5.74, 6) is -0.133. The second kappa shape index (κ2) is 7.33. The van der Waals surface area contributed by atoms with Gasteiger partial charge in [0.15, 0.2) is 5.78 Å². The standard InChI is InChI=1S/C17H18N2O2/c1-13-4-6-15(7-5-13)16(20)8-9-17(21)19-12-14-3-2-10-18-11-14/h2-7,10-11H,8-9,12H2,1H3,(H,19,21). The molecule has 0 aliphatic rings. The van der Waals surface area contributed by atoms with Gasteiger partial charge in [-0.1, -0.05) is 35.9 Å². The average Bonchev–Trinajstić information content (AvgIpc) is 2.52. The summed E-state index contributed by atoms with van der Waals surface area (Å²) < 4.78 is 0. The third kappa shape index (κ3) is 4.84. The minimum atomic E-state index is -0.126. The first-order valence-electron chi connectivity index (χ1n) is 6.90. The number of aryl methyl sites for hydroxylation is 1. The molecule has 0 fully saturated rings. The van der Waals surface area contributed by atoms with Gasteiger partial charge in [0, 0.05) is 37.3 Å². The van der Waals surface area contributed by atoms with Crippen LogP contribution < -0.4 is 5.32 Å². The summed E-state index contributed by atoms with van der Waals surface area (Å²) in [4.78, 5) is 27.6. The summed E-state index contributed by atoms with van der Waals surface area (Å²) in [7, 11) is 0. The maximum atomic E-state index is 11.9. The Kier molecular flexibility index (Phi) is 5.21. The molecular weight excluding hydrogens is 264 g/mol. The molecule has 108 valence electrons. The maximum absolute atomic E-state index is 11.9. The van der Waals surface area contributed by atoms with E-state index >= 15 is 0 Å². The van der Waals surface area contributed by atoms with Crippen molar-refractivity contribution in [3.8, 4) is 0 Å². The predicted molar refractivity (Wildman–Crippen MR) is 80.8 cm³/mol. The van der Waals surface area contributed by atoms with Crippen LogP contribution in [0.5, 0.6) is 0 Å². The Hall–Kier alpha value is -2.49. The van der Waals surface area contributed by atoms with Gasteiger partial charge in [-0.3, -0.25) is 14.6 Å². The number of benzene rings is 1. The van der Waals surface area contributed by atoms with Gasteiger partial charge >= 0.3 is 0 Å². The molecule has 0 bridgehead atoms. The second-order valence-corrected chi connectivity index (χ2v) is 4.93. The lowest BCUT2D eigenvalue weighted by atomic mass is 10.0. The predicted octanol–water partition coefficient (Wildman–Crippen LogP) is 2.67. The minimum absolute atomic E-state index is 0.00784. The number of carbonyl (C=O) groups excluding carboxylic acids is 2. The summed E-state index contributed by atoms with van der Waals surface area (Å²) in [6, 6.07) is 11.1. The highest BCUT2D eigenvalue weighted by Crippen LogP contribution is 2.07. The molecule has 21 heavy (non-hydrogen) atoms. The van der Waals surface area contributed by atoms with Crippen LogP contribution in [-0.2, 0) is 11.3 Å². The van der Waals surface area contributed by atoms with Crippen LogP contribution in [0.3, 0.4) is 0 Å². The highest BCUT2D eigenvalue weighted by Gasteiger charge is 2.09. The number of nitrogens with zero attached hydrogens (tertiary/aromatic N) is 1. The Morgan fingerprint density at radius 1 is 1.10 bits per heavy atom. The van der Waals surface area contributed by atoms with Crippen molar-refractivity contribution in [2.24, 2.45) is 0 Å². The molecule has 2 aromatic rings. The van der Waals surface area contributed by atoms with E-state index in [1.165, 1.54) is 0 Å². The molecule has 0 aliphatic carbocycles. The van der Waals surface area contributed by atoms with E-state index in [0.717, 1.165) is 11.1 Å². The van der Waals surface area contributed by atoms with Crippen LogP contribution in [0, 0.1) is 6.92 Å². The van der Waals surface area contributed by atoms with Gasteiger partial charge in [-0.2, -0.15) is 0 Å². The number of nitrogens with one attached hydrogen (secondary N) is 1. The highest BCUT2D eigenvalue weighted by molar-refractivity contribution is 5.97. The first kappa shape index (κ1) is 14.9. The van der Waals surface area contributed by atoms with E-state index in [2.05, 4.69) is 10.3 Å². The molecule has 1 aromatic heterocycles. The number of hydrogen-bond donors (Lipinski definition) is 1. The number of pyridine rings is 1. The van der Waals surface area contributed by atoms with Gasteiger partial charge in [-0.15, -0.1) is 0 Å². The zero-order valence-electron chi connectivity index (χ0n) is 12.0. The molecule has 1 N–H and O–H groups in total. The number of amides is 1. The van der Waals surface area contributed by atoms with Crippen molar-refractivity contribution >= 4 is 11.7 Å². The number of carbonyl (C=O) groups is 2. The van der Waals surface area contributed by atoms with Crippen LogP contribution >= 0.6 is 0 Å². The SMILES string of the molecule is Cc1ccc(C(=O)CCC(=O)NCc2cccnc2)cc1. The number of aromatic nitrogens is 1. The summed E-state index contributed by atoms with van der Waals surface area (Å²) in [6.45, 7) is 2.41. The van der Waals surface area contributed by atoms with Crippen molar-refractivity contribution in [2.45, 2.75) is 26.3 Å². The molecule has 0 spiro atoms. The normalized spacial score (nSPS) is 10.1. The molecular formula is C17H18N2O2. The number of ketones is 1. The Balaban J connectivity index is 1.76. The number of hydrogen-bond acceptors (Lipinski definition) is 3. The van der Waals surface area contributed by atoms with Crippen molar-refractivity contribution in [3.05, 3.63) is 65.5 Å². The van der Waals surface area contributed by atoms with E-state index in [1.807, 2.05) is 31.2 Å². The van der Waals surface area contributed by atoms with Crippen molar-refractivity contribution in [1.29, 1.82) is 0 Å². The molecule has 0 radical (unpaired) electrons. The first-order chi connectivity index (χ1) is 10.1. The van der Waals surface area contributed by atoms with Gasteiger partial charge in [0.05, 0.1) is 0 Å². The zero-order chi connectivity index (χ0) is 15.1. The molecule has 0 atom stereocenters. The van der Waals surface area contributed by atoms with Crippen molar-refractivity contribution in [2.75, 3.05) is 0 Å². The number of rotatable bonds is 6. The van der Waals surface area contributed by atoms with Crippen LogP contribution in [-0.4, -0.2) is 16.7 Å². The largest absolute Gasteiger partial charge is 0.352 e. The fourth-order valence-electron chi connectivity index (χ4n) is 1.90. The molecule has 2 rings (SSSR count). The van der Waals surface area contributed by atoms with E-state index in [1.54, 1.807) is 24.5 Å². The molecule has 0 unspecified atom stereocenters. The Morgan fingerprint density at radius 2 is 1.86 bits per heavy atom. The van der Waals surface area contributed by atoms with Gasteiger partial charge in [0.1, 0.15) is 0 Å². The first-order valence-corrected chi connectivity index (χ1v) is 6.90. The van der Waals surface area contributed by atoms with E-state index in [0.29, 0.717) is 12.1 Å². The molecule has 1 aromatic carbocycles. The second-order valence-electron chi connectivity index (χ2n) is 4.93. The van der Waals surface area contributed by atoms with E-state index in [9.17, 15) is 9.59 Å². The van der Waals surface area contributed by atoms with Crippen LogP contribution in [0.15, 0.2) is 48.8 Å². The summed E-state index contributed by atoms with van der Waals surface area (Å²) >= 11 is 0. The maximum Gasteiger partial charge on any atom is 0.220 e. The summed E-state index contributed by atoms with van der Waals surface area (Å²) in [6.07, 6.45) is 3.82. The van der Waals surface area contributed by atoms with E-state index in [-0.39, 0.29) is 24.5 Å². The van der Waals surface area contributed by atoms with Crippen LogP contribution in [0.2, 0.25) is 0 Å². The third-order valence-corrected chi connectivity index (χ3v) is 3.17.